The number of amides is 1. The first-order chi connectivity index (χ1) is 11.2. The fourth-order valence-electron chi connectivity index (χ4n) is 3.49. The van der Waals surface area contributed by atoms with Crippen LogP contribution in [0, 0.1) is 0 Å². The minimum Gasteiger partial charge on any atom is -0.374 e. The molecule has 1 amide bonds. The van der Waals surface area contributed by atoms with Gasteiger partial charge >= 0.3 is 0 Å². The molecule has 1 aromatic carbocycles. The molecule has 1 aliphatic heterocycles. The lowest BCUT2D eigenvalue weighted by Gasteiger charge is -2.37. The molecule has 2 aromatic rings. The summed E-state index contributed by atoms with van der Waals surface area (Å²) in [6.45, 7) is 1.19. The van der Waals surface area contributed by atoms with Crippen LogP contribution in [-0.2, 0) is 4.74 Å². The highest BCUT2D eigenvalue weighted by molar-refractivity contribution is 6.33. The quantitative estimate of drug-likeness (QED) is 0.846. The van der Waals surface area contributed by atoms with Gasteiger partial charge in [0.15, 0.2) is 11.5 Å². The smallest absolute Gasteiger partial charge is 0.276 e. The van der Waals surface area contributed by atoms with Crippen LogP contribution >= 0.6 is 11.6 Å². The van der Waals surface area contributed by atoms with Crippen molar-refractivity contribution in [2.75, 3.05) is 13.2 Å². The average Bonchev–Trinajstić information content (AvgIpc) is 3.23. The van der Waals surface area contributed by atoms with Gasteiger partial charge in [0.2, 0.25) is 0 Å². The molecular weight excluding hydrogens is 316 g/mol. The molecule has 2 atom stereocenters. The number of aromatic nitrogens is 1. The lowest BCUT2D eigenvalue weighted by Crippen LogP contribution is -2.51. The van der Waals surface area contributed by atoms with E-state index in [2.05, 4.69) is 5.16 Å². The Morgan fingerprint density at radius 2 is 2.17 bits per heavy atom. The van der Waals surface area contributed by atoms with E-state index < -0.39 is 0 Å². The monoisotopic (exact) mass is 332 g/mol. The van der Waals surface area contributed by atoms with E-state index in [1.165, 1.54) is 0 Å². The van der Waals surface area contributed by atoms with Crippen molar-refractivity contribution in [3.05, 3.63) is 41.0 Å². The first-order valence-corrected chi connectivity index (χ1v) is 8.26. The van der Waals surface area contributed by atoms with Gasteiger partial charge in [-0.15, -0.1) is 0 Å². The number of benzene rings is 1. The molecule has 4 rings (SSSR count). The maximum atomic E-state index is 12.8. The van der Waals surface area contributed by atoms with Crippen LogP contribution in [0.5, 0.6) is 0 Å². The third-order valence-corrected chi connectivity index (χ3v) is 4.94. The second-order valence-corrected chi connectivity index (χ2v) is 6.37. The number of fused-ring (bicyclic) bond motifs is 1. The molecule has 1 aromatic heterocycles. The zero-order valence-corrected chi connectivity index (χ0v) is 13.3. The van der Waals surface area contributed by atoms with Crippen molar-refractivity contribution in [2.45, 2.75) is 31.4 Å². The number of hydrogen-bond acceptors (Lipinski definition) is 4. The fourth-order valence-corrected chi connectivity index (χ4v) is 3.72. The summed E-state index contributed by atoms with van der Waals surface area (Å²) in [6, 6.07) is 9.18. The lowest BCUT2D eigenvalue weighted by atomic mass is 10.1. The van der Waals surface area contributed by atoms with Crippen LogP contribution in [0.4, 0.5) is 0 Å². The van der Waals surface area contributed by atoms with Gasteiger partial charge in [-0.1, -0.05) is 28.9 Å². The maximum Gasteiger partial charge on any atom is 0.276 e. The van der Waals surface area contributed by atoms with Crippen LogP contribution in [-0.4, -0.2) is 41.3 Å². The van der Waals surface area contributed by atoms with Crippen molar-refractivity contribution in [1.82, 2.24) is 10.1 Å². The molecule has 2 fully saturated rings. The molecular formula is C17H17ClN2O3. The van der Waals surface area contributed by atoms with Crippen molar-refractivity contribution >= 4 is 17.5 Å². The van der Waals surface area contributed by atoms with Crippen LogP contribution in [0.2, 0.25) is 5.02 Å². The normalized spacial score (nSPS) is 23.8. The Kier molecular flexibility index (Phi) is 3.83. The number of morpholine rings is 1. The first-order valence-electron chi connectivity index (χ1n) is 7.88. The zero-order valence-electron chi connectivity index (χ0n) is 12.6. The van der Waals surface area contributed by atoms with Gasteiger partial charge in [0.05, 0.1) is 23.8 Å². The van der Waals surface area contributed by atoms with Gasteiger partial charge in [-0.3, -0.25) is 4.79 Å². The Balaban J connectivity index is 1.59. The number of nitrogens with zero attached hydrogens (tertiary/aromatic N) is 2. The zero-order chi connectivity index (χ0) is 15.8. The second kappa shape index (κ2) is 5.98. The van der Waals surface area contributed by atoms with E-state index in [9.17, 15) is 4.79 Å². The Bertz CT molecular complexity index is 730. The van der Waals surface area contributed by atoms with Gasteiger partial charge in [0, 0.05) is 18.2 Å². The van der Waals surface area contributed by atoms with Crippen molar-refractivity contribution in [3.8, 4) is 11.3 Å². The van der Waals surface area contributed by atoms with Crippen molar-refractivity contribution in [1.29, 1.82) is 0 Å². The number of carbonyl (C=O) groups is 1. The Labute approximate surface area is 139 Å². The van der Waals surface area contributed by atoms with Crippen LogP contribution in [0.15, 0.2) is 34.9 Å². The summed E-state index contributed by atoms with van der Waals surface area (Å²) in [6.07, 6.45) is 3.29. The van der Waals surface area contributed by atoms with Crippen LogP contribution in [0.25, 0.3) is 11.3 Å². The number of carbonyl (C=O) groups excluding carboxylic acids is 1. The fraction of sp³-hybridized carbons (Fsp3) is 0.412. The highest BCUT2D eigenvalue weighted by Crippen LogP contribution is 2.32. The second-order valence-electron chi connectivity index (χ2n) is 5.96. The molecule has 5 nitrogen and oxygen atoms in total. The van der Waals surface area contributed by atoms with E-state index in [-0.39, 0.29) is 18.1 Å². The average molecular weight is 333 g/mol. The molecule has 1 aliphatic carbocycles. The molecule has 1 saturated carbocycles. The summed E-state index contributed by atoms with van der Waals surface area (Å²) in [7, 11) is 0. The first kappa shape index (κ1) is 14.7. The molecule has 0 N–H and O–H groups in total. The van der Waals surface area contributed by atoms with E-state index in [4.69, 9.17) is 20.9 Å². The van der Waals surface area contributed by atoms with Gasteiger partial charge in [0.1, 0.15) is 0 Å². The third-order valence-electron chi connectivity index (χ3n) is 4.61. The van der Waals surface area contributed by atoms with Gasteiger partial charge < -0.3 is 14.2 Å². The largest absolute Gasteiger partial charge is 0.374 e. The minimum atomic E-state index is -0.0905. The third kappa shape index (κ3) is 2.64. The molecule has 6 heteroatoms. The molecule has 23 heavy (non-hydrogen) atoms. The summed E-state index contributed by atoms with van der Waals surface area (Å²) >= 11 is 6.17. The molecule has 120 valence electrons. The topological polar surface area (TPSA) is 55.6 Å². The van der Waals surface area contributed by atoms with E-state index in [1.807, 2.05) is 23.1 Å². The van der Waals surface area contributed by atoms with Gasteiger partial charge in [0.25, 0.3) is 5.91 Å². The summed E-state index contributed by atoms with van der Waals surface area (Å²) in [5, 5.41) is 4.53. The van der Waals surface area contributed by atoms with Crippen molar-refractivity contribution in [2.24, 2.45) is 0 Å². The van der Waals surface area contributed by atoms with Crippen molar-refractivity contribution in [3.63, 3.8) is 0 Å². The van der Waals surface area contributed by atoms with E-state index in [0.717, 1.165) is 24.8 Å². The van der Waals surface area contributed by atoms with Gasteiger partial charge in [-0.05, 0) is 31.4 Å². The molecule has 2 aliphatic rings. The predicted octanol–water partition coefficient (Wildman–Crippen LogP) is 3.39. The summed E-state index contributed by atoms with van der Waals surface area (Å²) < 4.78 is 11.1. The highest BCUT2D eigenvalue weighted by Gasteiger charge is 2.39. The van der Waals surface area contributed by atoms with E-state index in [0.29, 0.717) is 29.6 Å². The number of halogens is 1. The van der Waals surface area contributed by atoms with Crippen LogP contribution in [0.1, 0.15) is 29.8 Å². The van der Waals surface area contributed by atoms with Crippen LogP contribution < -0.4 is 0 Å². The molecule has 0 radical (unpaired) electrons. The maximum absolute atomic E-state index is 12.8. The van der Waals surface area contributed by atoms with Crippen LogP contribution in [0.3, 0.4) is 0 Å². The minimum absolute atomic E-state index is 0.0905. The summed E-state index contributed by atoms with van der Waals surface area (Å²) in [5.74, 6) is 0.419. The number of ether oxygens (including phenoxy) is 1. The molecule has 0 spiro atoms. The molecule has 1 saturated heterocycles. The molecule has 2 heterocycles. The summed E-state index contributed by atoms with van der Waals surface area (Å²) in [5.41, 5.74) is 1.06. The van der Waals surface area contributed by atoms with Crippen molar-refractivity contribution < 1.29 is 14.1 Å². The Morgan fingerprint density at radius 1 is 1.30 bits per heavy atom. The number of hydrogen-bond donors (Lipinski definition) is 0. The predicted molar refractivity (Wildman–Crippen MR) is 85.4 cm³/mol. The summed E-state index contributed by atoms with van der Waals surface area (Å²) in [4.78, 5) is 14.7. The Morgan fingerprint density at radius 3 is 3.04 bits per heavy atom. The van der Waals surface area contributed by atoms with Gasteiger partial charge in [-0.25, -0.2) is 0 Å². The highest BCUT2D eigenvalue weighted by atomic mass is 35.5. The Hall–Kier alpha value is -1.85. The van der Waals surface area contributed by atoms with E-state index in [1.54, 1.807) is 12.1 Å². The SMILES string of the molecule is O=C(c1cc(-c2ccccc2Cl)on1)N1CCOC2CCCC21. The number of rotatable bonds is 2. The molecule has 2 unspecified atom stereocenters. The van der Waals surface area contributed by atoms with Gasteiger partial charge in [-0.2, -0.15) is 0 Å². The standard InChI is InChI=1S/C17H17ClN2O3/c18-12-5-2-1-4-11(12)16-10-13(19-23-16)17(21)20-8-9-22-15-7-3-6-14(15)20/h1-2,4-5,10,14-15H,3,6-9H2. The van der Waals surface area contributed by atoms with E-state index >= 15 is 0 Å². The molecule has 0 bridgehead atoms. The lowest BCUT2D eigenvalue weighted by molar-refractivity contribution is -0.0448.